The number of aliphatic carboxylic acids is 2. The Morgan fingerprint density at radius 1 is 0.867 bits per heavy atom. The SMILES string of the molecule is CCC[CH2][Sn]([CH3])([c]1ccccc1)[CH](CCC)c1ccccc1.O=C(O)/C=C\C(=O)O. The summed E-state index contributed by atoms with van der Waals surface area (Å²) < 4.78 is 3.97. The van der Waals surface area contributed by atoms with Gasteiger partial charge in [0.1, 0.15) is 0 Å². The second kappa shape index (κ2) is 14.0. The molecular formula is C25H34O4Sn. The van der Waals surface area contributed by atoms with Crippen LogP contribution in [0.2, 0.25) is 9.38 Å². The third kappa shape index (κ3) is 8.74. The van der Waals surface area contributed by atoms with Crippen LogP contribution in [0.25, 0.3) is 0 Å². The Morgan fingerprint density at radius 2 is 1.37 bits per heavy atom. The molecule has 162 valence electrons. The number of carboxylic acids is 2. The molecule has 0 saturated heterocycles. The molecule has 2 unspecified atom stereocenters. The molecule has 0 spiro atoms. The minimum atomic E-state index is -2.44. The number of carboxylic acid groups (broad SMARTS) is 2. The number of benzene rings is 2. The van der Waals surface area contributed by atoms with Gasteiger partial charge in [0.15, 0.2) is 0 Å². The van der Waals surface area contributed by atoms with E-state index >= 15 is 0 Å². The van der Waals surface area contributed by atoms with Crippen LogP contribution in [0.3, 0.4) is 0 Å². The van der Waals surface area contributed by atoms with Gasteiger partial charge in [-0.05, 0) is 0 Å². The van der Waals surface area contributed by atoms with E-state index in [0.29, 0.717) is 12.2 Å². The summed E-state index contributed by atoms with van der Waals surface area (Å²) in [6, 6.07) is 22.8. The summed E-state index contributed by atoms with van der Waals surface area (Å²) in [4.78, 5) is 21.8. The maximum Gasteiger partial charge on any atom is 0.328 e. The largest absolute Gasteiger partial charge is 0.478 e. The van der Waals surface area contributed by atoms with E-state index in [-0.39, 0.29) is 0 Å². The molecule has 0 fully saturated rings. The topological polar surface area (TPSA) is 74.6 Å². The predicted molar refractivity (Wildman–Crippen MR) is 126 cm³/mol. The quantitative estimate of drug-likeness (QED) is 0.318. The predicted octanol–water partition coefficient (Wildman–Crippen LogP) is 5.61. The summed E-state index contributed by atoms with van der Waals surface area (Å²) in [6.45, 7) is 4.67. The van der Waals surface area contributed by atoms with Gasteiger partial charge in [0.25, 0.3) is 0 Å². The monoisotopic (exact) mass is 518 g/mol. The molecule has 0 amide bonds. The van der Waals surface area contributed by atoms with Gasteiger partial charge in [-0.1, -0.05) is 0 Å². The molecule has 0 aromatic heterocycles. The first-order chi connectivity index (χ1) is 14.3. The van der Waals surface area contributed by atoms with Crippen molar-refractivity contribution in [2.45, 2.75) is 52.8 Å². The average molecular weight is 517 g/mol. The van der Waals surface area contributed by atoms with Gasteiger partial charge in [0, 0.05) is 12.2 Å². The van der Waals surface area contributed by atoms with E-state index in [1.807, 2.05) is 0 Å². The van der Waals surface area contributed by atoms with Crippen molar-refractivity contribution in [3.63, 3.8) is 0 Å². The molecule has 2 aromatic rings. The van der Waals surface area contributed by atoms with Gasteiger partial charge < -0.3 is 10.2 Å². The third-order valence-corrected chi connectivity index (χ3v) is 20.3. The minimum absolute atomic E-state index is 0.558. The number of unbranched alkanes of at least 4 members (excludes halogenated alkanes) is 1. The molecule has 5 heteroatoms. The van der Waals surface area contributed by atoms with E-state index < -0.39 is 30.3 Å². The maximum atomic E-state index is 9.55. The van der Waals surface area contributed by atoms with Crippen molar-refractivity contribution >= 4 is 33.9 Å². The maximum absolute atomic E-state index is 9.55. The van der Waals surface area contributed by atoms with Gasteiger partial charge in [-0.2, -0.15) is 0 Å². The molecule has 0 bridgehead atoms. The summed E-state index contributed by atoms with van der Waals surface area (Å²) in [5, 5.41) is 15.6. The first kappa shape index (κ1) is 26.0. The number of hydrogen-bond donors (Lipinski definition) is 2. The normalized spacial score (nSPS) is 13.7. The van der Waals surface area contributed by atoms with Gasteiger partial charge in [0.2, 0.25) is 0 Å². The van der Waals surface area contributed by atoms with Crippen LogP contribution < -0.4 is 3.58 Å². The van der Waals surface area contributed by atoms with Crippen LogP contribution in [-0.4, -0.2) is 40.5 Å². The van der Waals surface area contributed by atoms with Gasteiger partial charge in [-0.25, -0.2) is 9.59 Å². The van der Waals surface area contributed by atoms with Crippen LogP contribution in [-0.2, 0) is 9.59 Å². The smallest absolute Gasteiger partial charge is 0.328 e. The van der Waals surface area contributed by atoms with Crippen molar-refractivity contribution in [2.75, 3.05) is 0 Å². The molecule has 0 radical (unpaired) electrons. The van der Waals surface area contributed by atoms with E-state index in [1.54, 1.807) is 9.14 Å². The van der Waals surface area contributed by atoms with Crippen molar-refractivity contribution < 1.29 is 19.8 Å². The number of carbonyl (C=O) groups is 2. The van der Waals surface area contributed by atoms with Crippen molar-refractivity contribution in [1.82, 2.24) is 0 Å². The van der Waals surface area contributed by atoms with Gasteiger partial charge in [-0.15, -0.1) is 0 Å². The summed E-state index contributed by atoms with van der Waals surface area (Å²) in [7, 11) is 0. The minimum Gasteiger partial charge on any atom is -0.478 e. The van der Waals surface area contributed by atoms with Crippen molar-refractivity contribution in [3.8, 4) is 0 Å². The molecule has 2 aromatic carbocycles. The zero-order valence-corrected chi connectivity index (χ0v) is 21.1. The summed E-state index contributed by atoms with van der Waals surface area (Å²) in [6.07, 6.45) is 6.44. The molecule has 30 heavy (non-hydrogen) atoms. The van der Waals surface area contributed by atoms with Crippen LogP contribution in [0.4, 0.5) is 0 Å². The molecular weight excluding hydrogens is 483 g/mol. The van der Waals surface area contributed by atoms with E-state index in [4.69, 9.17) is 10.2 Å². The number of rotatable bonds is 10. The van der Waals surface area contributed by atoms with Crippen molar-refractivity contribution in [1.29, 1.82) is 0 Å². The Bertz CT molecular complexity index is 773. The Labute approximate surface area is 184 Å². The summed E-state index contributed by atoms with van der Waals surface area (Å²) in [5.41, 5.74) is 1.59. The summed E-state index contributed by atoms with van der Waals surface area (Å²) in [5.74, 6) is -2.51. The van der Waals surface area contributed by atoms with Gasteiger partial charge in [-0.3, -0.25) is 0 Å². The average Bonchev–Trinajstić information content (AvgIpc) is 2.76. The molecule has 0 heterocycles. The standard InChI is InChI=1S/C10H13.C6H5.C4H4O4.C4H9.CH3.Sn/c1-2-3-7-10-8-5-4-6-9-10;1-2-4-6-5-3-1;5-3(6)1-2-4(7)8;1-3-4-2;;/h4-9H,2-3H2,1H3;1-5H;1-2H,(H,5,6)(H,7,8);1,3-4H2,2H3;1H3;/b;;2-1-;;;. The Kier molecular flexibility index (Phi) is 12.1. The van der Waals surface area contributed by atoms with Crippen molar-refractivity contribution in [3.05, 3.63) is 78.4 Å². The first-order valence-electron chi connectivity index (χ1n) is 10.6. The molecule has 2 rings (SSSR count). The van der Waals surface area contributed by atoms with Crippen LogP contribution in [0, 0.1) is 0 Å². The number of hydrogen-bond acceptors (Lipinski definition) is 2. The van der Waals surface area contributed by atoms with Crippen LogP contribution in [0.5, 0.6) is 0 Å². The second-order valence-electron chi connectivity index (χ2n) is 7.65. The Hall–Kier alpha value is -2.08. The molecule has 0 aliphatic carbocycles. The van der Waals surface area contributed by atoms with Crippen LogP contribution in [0.15, 0.2) is 72.8 Å². The van der Waals surface area contributed by atoms with Crippen LogP contribution >= 0.6 is 0 Å². The van der Waals surface area contributed by atoms with Gasteiger partial charge in [0.05, 0.1) is 0 Å². The Balaban J connectivity index is 0.000000479. The van der Waals surface area contributed by atoms with Gasteiger partial charge >= 0.3 is 153 Å². The molecule has 0 aliphatic rings. The van der Waals surface area contributed by atoms with Crippen LogP contribution in [0.1, 0.15) is 49.0 Å². The fraction of sp³-hybridized carbons (Fsp3) is 0.360. The van der Waals surface area contributed by atoms with E-state index in [1.165, 1.54) is 30.1 Å². The first-order valence-corrected chi connectivity index (χ1v) is 18.5. The summed E-state index contributed by atoms with van der Waals surface area (Å²) >= 11 is -2.44. The van der Waals surface area contributed by atoms with E-state index in [9.17, 15) is 9.59 Å². The molecule has 2 atom stereocenters. The fourth-order valence-corrected chi connectivity index (χ4v) is 17.9. The third-order valence-electron chi connectivity index (χ3n) is 5.40. The zero-order chi connectivity index (χ0) is 22.4. The molecule has 2 N–H and O–H groups in total. The zero-order valence-electron chi connectivity index (χ0n) is 18.3. The molecule has 0 aliphatic heterocycles. The molecule has 0 saturated carbocycles. The second-order valence-corrected chi connectivity index (χ2v) is 20.8. The fourth-order valence-electron chi connectivity index (χ4n) is 3.85. The van der Waals surface area contributed by atoms with E-state index in [2.05, 4.69) is 79.5 Å². The van der Waals surface area contributed by atoms with E-state index in [0.717, 1.165) is 3.93 Å². The molecule has 4 nitrogen and oxygen atoms in total. The van der Waals surface area contributed by atoms with Crippen molar-refractivity contribution in [2.24, 2.45) is 0 Å². The Morgan fingerprint density at radius 3 is 1.80 bits per heavy atom.